The average molecular weight is 323 g/mol. The number of alkyl carbamates (subject to hydrolysis) is 1. The standard InChI is InChI=1S/C16H25N3O4/c17-10-6-9-14(13-7-2-1-3-8-13)23-16(22)19-12-5-4-11-18-15(20)21/h1-3,7-8,14,18H,4-6,9-12,17H2,(H,19,22)(H,20,21). The second-order valence-electron chi connectivity index (χ2n) is 5.10. The van der Waals surface area contributed by atoms with Crippen LogP contribution in [0.2, 0.25) is 0 Å². The third kappa shape index (κ3) is 8.67. The Morgan fingerprint density at radius 3 is 2.35 bits per heavy atom. The summed E-state index contributed by atoms with van der Waals surface area (Å²) in [6, 6.07) is 9.57. The van der Waals surface area contributed by atoms with Gasteiger partial charge in [0, 0.05) is 13.1 Å². The van der Waals surface area contributed by atoms with E-state index in [1.54, 1.807) is 0 Å². The number of benzene rings is 1. The predicted molar refractivity (Wildman–Crippen MR) is 87.2 cm³/mol. The molecule has 1 atom stereocenters. The number of nitrogens with two attached hydrogens (primary N) is 1. The lowest BCUT2D eigenvalue weighted by Crippen LogP contribution is -2.28. The second-order valence-corrected chi connectivity index (χ2v) is 5.10. The van der Waals surface area contributed by atoms with Gasteiger partial charge in [0.1, 0.15) is 6.10 Å². The molecule has 0 bridgehead atoms. The Bertz CT molecular complexity index is 468. The van der Waals surface area contributed by atoms with Crippen molar-refractivity contribution in [3.05, 3.63) is 35.9 Å². The summed E-state index contributed by atoms with van der Waals surface area (Å²) in [7, 11) is 0. The van der Waals surface area contributed by atoms with Gasteiger partial charge in [-0.25, -0.2) is 9.59 Å². The molecule has 7 heteroatoms. The van der Waals surface area contributed by atoms with Crippen LogP contribution in [0.1, 0.15) is 37.4 Å². The third-order valence-electron chi connectivity index (χ3n) is 3.24. The van der Waals surface area contributed by atoms with Gasteiger partial charge in [0.2, 0.25) is 0 Å². The van der Waals surface area contributed by atoms with E-state index in [9.17, 15) is 9.59 Å². The van der Waals surface area contributed by atoms with Crippen molar-refractivity contribution in [1.29, 1.82) is 0 Å². The van der Waals surface area contributed by atoms with E-state index in [-0.39, 0.29) is 6.10 Å². The molecule has 0 fully saturated rings. The molecule has 0 aromatic heterocycles. The zero-order chi connectivity index (χ0) is 16.9. The first-order valence-electron chi connectivity index (χ1n) is 7.79. The number of ether oxygens (including phenoxy) is 1. The largest absolute Gasteiger partial charge is 0.465 e. The predicted octanol–water partition coefficient (Wildman–Crippen LogP) is 2.24. The van der Waals surface area contributed by atoms with Crippen molar-refractivity contribution in [2.45, 2.75) is 31.8 Å². The van der Waals surface area contributed by atoms with Gasteiger partial charge in [-0.1, -0.05) is 30.3 Å². The lowest BCUT2D eigenvalue weighted by atomic mass is 10.1. The molecule has 0 saturated carbocycles. The maximum Gasteiger partial charge on any atom is 0.407 e. The van der Waals surface area contributed by atoms with E-state index in [2.05, 4.69) is 10.6 Å². The van der Waals surface area contributed by atoms with Gasteiger partial charge in [0.25, 0.3) is 0 Å². The molecule has 0 radical (unpaired) electrons. The molecule has 0 spiro atoms. The van der Waals surface area contributed by atoms with Crippen LogP contribution in [-0.2, 0) is 4.74 Å². The minimum atomic E-state index is -1.04. The van der Waals surface area contributed by atoms with Crippen molar-refractivity contribution in [1.82, 2.24) is 10.6 Å². The molecule has 0 aliphatic rings. The summed E-state index contributed by atoms with van der Waals surface area (Å²) in [5.74, 6) is 0. The van der Waals surface area contributed by atoms with E-state index in [1.165, 1.54) is 0 Å². The van der Waals surface area contributed by atoms with Crippen molar-refractivity contribution >= 4 is 12.2 Å². The van der Waals surface area contributed by atoms with Gasteiger partial charge in [0.15, 0.2) is 0 Å². The Balaban J connectivity index is 2.32. The SMILES string of the molecule is NCCCC(OC(=O)NCCCCNC(=O)O)c1ccccc1. The normalized spacial score (nSPS) is 11.5. The molecule has 128 valence electrons. The quantitative estimate of drug-likeness (QED) is 0.493. The minimum absolute atomic E-state index is 0.312. The van der Waals surface area contributed by atoms with Gasteiger partial charge in [-0.3, -0.25) is 0 Å². The van der Waals surface area contributed by atoms with E-state index in [4.69, 9.17) is 15.6 Å². The maximum absolute atomic E-state index is 11.9. The Morgan fingerprint density at radius 1 is 1.09 bits per heavy atom. The number of amides is 2. The molecule has 1 rings (SSSR count). The van der Waals surface area contributed by atoms with Gasteiger partial charge in [-0.15, -0.1) is 0 Å². The van der Waals surface area contributed by atoms with Crippen LogP contribution < -0.4 is 16.4 Å². The molecular formula is C16H25N3O4. The molecule has 1 unspecified atom stereocenters. The zero-order valence-corrected chi connectivity index (χ0v) is 13.2. The summed E-state index contributed by atoms with van der Waals surface area (Å²) in [6.07, 6.45) is 0.957. The van der Waals surface area contributed by atoms with Crippen LogP contribution in [0.4, 0.5) is 9.59 Å². The first kappa shape index (κ1) is 18.8. The van der Waals surface area contributed by atoms with E-state index in [0.29, 0.717) is 38.9 Å². The zero-order valence-electron chi connectivity index (χ0n) is 13.2. The second kappa shape index (κ2) is 11.3. The molecule has 0 saturated heterocycles. The lowest BCUT2D eigenvalue weighted by Gasteiger charge is -2.18. The van der Waals surface area contributed by atoms with Crippen LogP contribution in [0.15, 0.2) is 30.3 Å². The maximum atomic E-state index is 11.9. The minimum Gasteiger partial charge on any atom is -0.465 e. The monoisotopic (exact) mass is 323 g/mol. The van der Waals surface area contributed by atoms with Crippen LogP contribution in [0.5, 0.6) is 0 Å². The molecule has 7 nitrogen and oxygen atoms in total. The molecule has 1 aromatic rings. The van der Waals surface area contributed by atoms with Crippen molar-refractivity contribution in [2.24, 2.45) is 5.73 Å². The third-order valence-corrected chi connectivity index (χ3v) is 3.24. The Morgan fingerprint density at radius 2 is 1.74 bits per heavy atom. The summed E-state index contributed by atoms with van der Waals surface area (Å²) in [5.41, 5.74) is 6.48. The molecule has 1 aromatic carbocycles. The summed E-state index contributed by atoms with van der Waals surface area (Å²) in [6.45, 7) is 1.36. The Kier molecular flexibility index (Phi) is 9.23. The van der Waals surface area contributed by atoms with Crippen LogP contribution in [0.25, 0.3) is 0 Å². The highest BCUT2D eigenvalue weighted by atomic mass is 16.6. The van der Waals surface area contributed by atoms with E-state index < -0.39 is 12.2 Å². The van der Waals surface area contributed by atoms with Gasteiger partial charge >= 0.3 is 12.2 Å². The van der Waals surface area contributed by atoms with Crippen molar-refractivity contribution in [2.75, 3.05) is 19.6 Å². The number of unbranched alkanes of at least 4 members (excludes halogenated alkanes) is 1. The smallest absolute Gasteiger partial charge is 0.407 e. The van der Waals surface area contributed by atoms with E-state index in [0.717, 1.165) is 12.0 Å². The first-order valence-corrected chi connectivity index (χ1v) is 7.79. The number of carboxylic acid groups (broad SMARTS) is 1. The van der Waals surface area contributed by atoms with E-state index >= 15 is 0 Å². The number of carbonyl (C=O) groups is 2. The van der Waals surface area contributed by atoms with Gasteiger partial charge < -0.3 is 26.2 Å². The van der Waals surface area contributed by atoms with Gasteiger partial charge in [-0.05, 0) is 37.8 Å². The summed E-state index contributed by atoms with van der Waals surface area (Å²) in [4.78, 5) is 22.1. The van der Waals surface area contributed by atoms with Crippen molar-refractivity contribution in [3.8, 4) is 0 Å². The summed E-state index contributed by atoms with van der Waals surface area (Å²) in [5, 5.41) is 13.4. The molecule has 0 aliphatic carbocycles. The fourth-order valence-corrected chi connectivity index (χ4v) is 2.07. The van der Waals surface area contributed by atoms with Crippen LogP contribution in [0.3, 0.4) is 0 Å². The van der Waals surface area contributed by atoms with Crippen molar-refractivity contribution < 1.29 is 19.4 Å². The molecule has 2 amide bonds. The fourth-order valence-electron chi connectivity index (χ4n) is 2.07. The highest BCUT2D eigenvalue weighted by molar-refractivity contribution is 5.67. The molecule has 0 aliphatic heterocycles. The van der Waals surface area contributed by atoms with E-state index in [1.807, 2.05) is 30.3 Å². The molecule has 5 N–H and O–H groups in total. The van der Waals surface area contributed by atoms with Crippen molar-refractivity contribution in [3.63, 3.8) is 0 Å². The number of hydrogen-bond acceptors (Lipinski definition) is 4. The van der Waals surface area contributed by atoms with Crippen LogP contribution in [0, 0.1) is 0 Å². The average Bonchev–Trinajstić information content (AvgIpc) is 2.55. The lowest BCUT2D eigenvalue weighted by molar-refractivity contribution is 0.0915. The summed E-state index contributed by atoms with van der Waals surface area (Å²) >= 11 is 0. The van der Waals surface area contributed by atoms with Crippen LogP contribution in [-0.4, -0.2) is 36.9 Å². The van der Waals surface area contributed by atoms with Crippen LogP contribution >= 0.6 is 0 Å². The highest BCUT2D eigenvalue weighted by Gasteiger charge is 2.15. The first-order chi connectivity index (χ1) is 11.1. The number of carbonyl (C=O) groups excluding carboxylic acids is 1. The number of nitrogens with one attached hydrogen (secondary N) is 2. The molecule has 23 heavy (non-hydrogen) atoms. The Labute approximate surface area is 136 Å². The highest BCUT2D eigenvalue weighted by Crippen LogP contribution is 2.22. The number of hydrogen-bond donors (Lipinski definition) is 4. The molecule has 0 heterocycles. The Hall–Kier alpha value is -2.28. The molecular weight excluding hydrogens is 298 g/mol. The summed E-state index contributed by atoms with van der Waals surface area (Å²) < 4.78 is 5.47. The number of rotatable bonds is 10. The van der Waals surface area contributed by atoms with Gasteiger partial charge in [-0.2, -0.15) is 0 Å². The van der Waals surface area contributed by atoms with Gasteiger partial charge in [0.05, 0.1) is 0 Å². The fraction of sp³-hybridized carbons (Fsp3) is 0.500. The topological polar surface area (TPSA) is 114 Å².